The van der Waals surface area contributed by atoms with Gasteiger partial charge in [0.05, 0.1) is 13.2 Å². The second-order valence-electron chi connectivity index (χ2n) is 6.45. The lowest BCUT2D eigenvalue weighted by molar-refractivity contribution is -0.120. The molecule has 0 radical (unpaired) electrons. The van der Waals surface area contributed by atoms with E-state index < -0.39 is 5.91 Å². The van der Waals surface area contributed by atoms with Crippen molar-refractivity contribution >= 4 is 23.4 Å². The summed E-state index contributed by atoms with van der Waals surface area (Å²) >= 11 is 5.84. The van der Waals surface area contributed by atoms with Crippen LogP contribution in [0.3, 0.4) is 0 Å². The Morgan fingerprint density at radius 1 is 1.32 bits per heavy atom. The van der Waals surface area contributed by atoms with Crippen molar-refractivity contribution in [1.82, 2.24) is 15.6 Å². The Hall–Kier alpha value is -2.80. The summed E-state index contributed by atoms with van der Waals surface area (Å²) in [6.45, 7) is 4.55. The maximum Gasteiger partial charge on any atom is 0.270 e. The zero-order chi connectivity index (χ0) is 20.1. The van der Waals surface area contributed by atoms with Gasteiger partial charge in [-0.05, 0) is 38.1 Å². The molecule has 1 aliphatic heterocycles. The third kappa shape index (κ3) is 4.92. The van der Waals surface area contributed by atoms with Gasteiger partial charge in [0.2, 0.25) is 5.91 Å². The van der Waals surface area contributed by atoms with Gasteiger partial charge in [-0.2, -0.15) is 0 Å². The van der Waals surface area contributed by atoms with Gasteiger partial charge in [0.15, 0.2) is 0 Å². The van der Waals surface area contributed by atoms with Crippen LogP contribution < -0.4 is 20.1 Å². The summed E-state index contributed by atoms with van der Waals surface area (Å²) < 4.78 is 11.5. The summed E-state index contributed by atoms with van der Waals surface area (Å²) in [5, 5.41) is 5.71. The average molecular weight is 404 g/mol. The van der Waals surface area contributed by atoms with E-state index in [9.17, 15) is 9.59 Å². The molecule has 0 bridgehead atoms. The molecule has 0 saturated carbocycles. The lowest BCUT2D eigenvalue weighted by Gasteiger charge is -2.13. The van der Waals surface area contributed by atoms with Crippen LogP contribution in [0.1, 0.15) is 35.5 Å². The first kappa shape index (κ1) is 19.9. The molecule has 0 fully saturated rings. The molecule has 0 spiro atoms. The Bertz CT molecular complexity index is 888. The highest BCUT2D eigenvalue weighted by atomic mass is 35.5. The van der Waals surface area contributed by atoms with Gasteiger partial charge >= 0.3 is 0 Å². The van der Waals surface area contributed by atoms with Crippen molar-refractivity contribution < 1.29 is 19.1 Å². The smallest absolute Gasteiger partial charge is 0.270 e. The minimum Gasteiger partial charge on any atom is -0.494 e. The number of nitrogens with one attached hydrogen (secondary N) is 2. The summed E-state index contributed by atoms with van der Waals surface area (Å²) in [6.07, 6.45) is 2.40. The first-order valence-corrected chi connectivity index (χ1v) is 9.45. The highest BCUT2D eigenvalue weighted by Gasteiger charge is 2.22. The van der Waals surface area contributed by atoms with Crippen LogP contribution in [0.2, 0.25) is 5.02 Å². The van der Waals surface area contributed by atoms with E-state index in [2.05, 4.69) is 15.6 Å². The number of rotatable bonds is 7. The molecule has 1 aliphatic rings. The predicted octanol–water partition coefficient (Wildman–Crippen LogP) is 2.50. The minimum absolute atomic E-state index is 0.129. The number of pyridine rings is 1. The largest absolute Gasteiger partial charge is 0.494 e. The van der Waals surface area contributed by atoms with Crippen molar-refractivity contribution in [3.05, 3.63) is 52.3 Å². The zero-order valence-corrected chi connectivity index (χ0v) is 16.5. The Kier molecular flexibility index (Phi) is 6.36. The number of nitrogens with zero attached hydrogens (tertiary/aromatic N) is 1. The molecule has 0 saturated heterocycles. The number of amides is 2. The maximum atomic E-state index is 12.1. The van der Waals surface area contributed by atoms with E-state index in [1.54, 1.807) is 6.07 Å². The van der Waals surface area contributed by atoms with Crippen LogP contribution >= 0.6 is 11.6 Å². The number of aromatic nitrogens is 1. The van der Waals surface area contributed by atoms with Gasteiger partial charge in [-0.15, -0.1) is 0 Å². The quantitative estimate of drug-likeness (QED) is 0.741. The second-order valence-corrected chi connectivity index (χ2v) is 6.89. The van der Waals surface area contributed by atoms with E-state index in [1.807, 2.05) is 26.0 Å². The van der Waals surface area contributed by atoms with Gasteiger partial charge in [0.25, 0.3) is 5.91 Å². The number of hydrogen-bond acceptors (Lipinski definition) is 5. The van der Waals surface area contributed by atoms with Gasteiger partial charge in [-0.1, -0.05) is 11.6 Å². The van der Waals surface area contributed by atoms with Crippen molar-refractivity contribution in [2.24, 2.45) is 0 Å². The van der Waals surface area contributed by atoms with Gasteiger partial charge < -0.3 is 20.1 Å². The fourth-order valence-electron chi connectivity index (χ4n) is 2.95. The summed E-state index contributed by atoms with van der Waals surface area (Å²) in [4.78, 5) is 28.1. The van der Waals surface area contributed by atoms with E-state index in [1.165, 1.54) is 12.3 Å². The topological polar surface area (TPSA) is 89.6 Å². The van der Waals surface area contributed by atoms with Gasteiger partial charge in [0.1, 0.15) is 23.3 Å². The maximum absolute atomic E-state index is 12.1. The number of carbonyl (C=O) groups is 2. The fraction of sp³-hybridized carbons (Fsp3) is 0.350. The molecule has 2 aromatic rings. The molecular weight excluding hydrogens is 382 g/mol. The SMILES string of the molecule is CCOc1cc2c(cc1CNC(=O)CNC(=O)c1cc(Cl)ccn1)OC(C)C2. The van der Waals surface area contributed by atoms with Crippen molar-refractivity contribution in [3.63, 3.8) is 0 Å². The predicted molar refractivity (Wildman–Crippen MR) is 105 cm³/mol. The zero-order valence-electron chi connectivity index (χ0n) is 15.8. The summed E-state index contributed by atoms with van der Waals surface area (Å²) in [5.74, 6) is 0.757. The summed E-state index contributed by atoms with van der Waals surface area (Å²) in [7, 11) is 0. The summed E-state index contributed by atoms with van der Waals surface area (Å²) in [6, 6.07) is 6.88. The Morgan fingerprint density at radius 3 is 2.89 bits per heavy atom. The molecular formula is C20H22ClN3O4. The molecule has 2 heterocycles. The van der Waals surface area contributed by atoms with Gasteiger partial charge in [0, 0.05) is 35.3 Å². The standard InChI is InChI=1S/C20H22ClN3O4/c1-3-27-17-7-13-6-12(2)28-18(13)8-14(17)10-23-19(25)11-24-20(26)16-9-15(21)4-5-22-16/h4-5,7-9,12H,3,6,10-11H2,1-2H3,(H,23,25)(H,24,26). The third-order valence-corrected chi connectivity index (χ3v) is 4.45. The highest BCUT2D eigenvalue weighted by Crippen LogP contribution is 2.35. The number of halogens is 1. The van der Waals surface area contributed by atoms with Crippen molar-refractivity contribution in [1.29, 1.82) is 0 Å². The first-order valence-electron chi connectivity index (χ1n) is 9.08. The number of ether oxygens (including phenoxy) is 2. The van der Waals surface area contributed by atoms with E-state index in [-0.39, 0.29) is 30.8 Å². The molecule has 28 heavy (non-hydrogen) atoms. The van der Waals surface area contributed by atoms with Gasteiger partial charge in [-0.25, -0.2) is 0 Å². The molecule has 1 aromatic carbocycles. The Morgan fingerprint density at radius 2 is 2.14 bits per heavy atom. The van der Waals surface area contributed by atoms with Crippen LogP contribution in [0.5, 0.6) is 11.5 Å². The lowest BCUT2D eigenvalue weighted by atomic mass is 10.1. The third-order valence-electron chi connectivity index (χ3n) is 4.22. The van der Waals surface area contributed by atoms with E-state index in [0.29, 0.717) is 11.6 Å². The Labute approximate surface area is 168 Å². The fourth-order valence-corrected chi connectivity index (χ4v) is 3.11. The van der Waals surface area contributed by atoms with E-state index in [0.717, 1.165) is 29.0 Å². The monoisotopic (exact) mass is 403 g/mol. The van der Waals surface area contributed by atoms with Crippen LogP contribution in [0.25, 0.3) is 0 Å². The molecule has 1 aromatic heterocycles. The second kappa shape index (κ2) is 8.93. The lowest BCUT2D eigenvalue weighted by Crippen LogP contribution is -2.37. The van der Waals surface area contributed by atoms with Crippen LogP contribution in [-0.2, 0) is 17.8 Å². The van der Waals surface area contributed by atoms with Crippen LogP contribution in [0, 0.1) is 0 Å². The van der Waals surface area contributed by atoms with E-state index in [4.69, 9.17) is 21.1 Å². The molecule has 3 rings (SSSR count). The van der Waals surface area contributed by atoms with Crippen molar-refractivity contribution in [2.45, 2.75) is 32.9 Å². The average Bonchev–Trinajstić information content (AvgIpc) is 3.03. The molecule has 2 N–H and O–H groups in total. The molecule has 148 valence electrons. The van der Waals surface area contributed by atoms with Crippen LogP contribution in [0.15, 0.2) is 30.5 Å². The summed E-state index contributed by atoms with van der Waals surface area (Å²) in [5.41, 5.74) is 2.09. The molecule has 7 nitrogen and oxygen atoms in total. The number of benzene rings is 1. The molecule has 0 aliphatic carbocycles. The normalized spacial score (nSPS) is 14.8. The first-order chi connectivity index (χ1) is 13.5. The number of carbonyl (C=O) groups excluding carboxylic acids is 2. The van der Waals surface area contributed by atoms with Crippen molar-refractivity contribution in [3.8, 4) is 11.5 Å². The van der Waals surface area contributed by atoms with E-state index >= 15 is 0 Å². The molecule has 1 unspecified atom stereocenters. The molecule has 1 atom stereocenters. The number of fused-ring (bicyclic) bond motifs is 1. The highest BCUT2D eigenvalue weighted by molar-refractivity contribution is 6.30. The van der Waals surface area contributed by atoms with Crippen LogP contribution in [0.4, 0.5) is 0 Å². The molecule has 8 heteroatoms. The number of hydrogen-bond donors (Lipinski definition) is 2. The minimum atomic E-state index is -0.465. The van der Waals surface area contributed by atoms with Crippen LogP contribution in [-0.4, -0.2) is 36.1 Å². The van der Waals surface area contributed by atoms with Crippen molar-refractivity contribution in [2.75, 3.05) is 13.2 Å². The molecule has 2 amide bonds. The van der Waals surface area contributed by atoms with Gasteiger partial charge in [-0.3, -0.25) is 14.6 Å². The Balaban J connectivity index is 1.57.